The lowest BCUT2D eigenvalue weighted by atomic mass is 10.1. The Morgan fingerprint density at radius 3 is 2.85 bits per heavy atom. The van der Waals surface area contributed by atoms with E-state index in [-0.39, 0.29) is 6.10 Å². The molecule has 0 aliphatic carbocycles. The third-order valence-electron chi connectivity index (χ3n) is 1.59. The molecule has 0 aliphatic heterocycles. The molecule has 3 heteroatoms. The van der Waals surface area contributed by atoms with E-state index < -0.39 is 0 Å². The smallest absolute Gasteiger partial charge is 0.147 e. The molecule has 0 bridgehead atoms. The molecule has 0 saturated carbocycles. The Morgan fingerprint density at radius 2 is 2.31 bits per heavy atom. The molecule has 0 aromatic heterocycles. The first-order valence-electron chi connectivity index (χ1n) is 4.47. The van der Waals surface area contributed by atoms with Crippen LogP contribution in [-0.2, 0) is 9.47 Å². The van der Waals surface area contributed by atoms with E-state index >= 15 is 0 Å². The van der Waals surface area contributed by atoms with Gasteiger partial charge in [0.05, 0.1) is 6.10 Å². The highest BCUT2D eigenvalue weighted by atomic mass is 79.9. The maximum atomic E-state index is 5.41. The fraction of sp³-hybridized carbons (Fsp3) is 0.700. The van der Waals surface area contributed by atoms with Crippen LogP contribution in [-0.4, -0.2) is 20.0 Å². The predicted molar refractivity (Wildman–Crippen MR) is 57.9 cm³/mol. The van der Waals surface area contributed by atoms with E-state index in [2.05, 4.69) is 28.6 Å². The molecule has 0 aromatic rings. The first-order valence-corrected chi connectivity index (χ1v) is 5.38. The van der Waals surface area contributed by atoms with Gasteiger partial charge in [-0.15, -0.1) is 5.73 Å². The maximum absolute atomic E-state index is 5.41. The van der Waals surface area contributed by atoms with E-state index in [0.717, 1.165) is 12.8 Å². The van der Waals surface area contributed by atoms with Crippen LogP contribution < -0.4 is 0 Å². The second-order valence-electron chi connectivity index (χ2n) is 2.70. The predicted octanol–water partition coefficient (Wildman–Crippen LogP) is 3.23. The van der Waals surface area contributed by atoms with Crippen molar-refractivity contribution in [2.45, 2.75) is 32.3 Å². The number of methoxy groups -OCH3 is 1. The molecular weight excluding hydrogens is 232 g/mol. The van der Waals surface area contributed by atoms with Crippen LogP contribution in [0.3, 0.4) is 0 Å². The monoisotopic (exact) mass is 248 g/mol. The Balaban J connectivity index is 3.80. The fourth-order valence-electron chi connectivity index (χ4n) is 0.919. The molecule has 0 spiro atoms. The molecular formula is C10H17BrO2. The summed E-state index contributed by atoms with van der Waals surface area (Å²) < 4.78 is 10.3. The minimum absolute atomic E-state index is 0.119. The number of ether oxygens (including phenoxy) is 2. The van der Waals surface area contributed by atoms with Crippen molar-refractivity contribution in [3.8, 4) is 0 Å². The SMILES string of the molecule is CCCC[C@H](C=C=CBr)OCOC. The molecule has 0 aromatic carbocycles. The van der Waals surface area contributed by atoms with Crippen molar-refractivity contribution in [1.29, 1.82) is 0 Å². The van der Waals surface area contributed by atoms with Gasteiger partial charge < -0.3 is 9.47 Å². The van der Waals surface area contributed by atoms with Crippen molar-refractivity contribution < 1.29 is 9.47 Å². The van der Waals surface area contributed by atoms with E-state index in [1.165, 1.54) is 6.42 Å². The van der Waals surface area contributed by atoms with Gasteiger partial charge in [0.2, 0.25) is 0 Å². The van der Waals surface area contributed by atoms with Gasteiger partial charge in [-0.3, -0.25) is 0 Å². The topological polar surface area (TPSA) is 18.5 Å². The average Bonchev–Trinajstić information content (AvgIpc) is 2.17. The van der Waals surface area contributed by atoms with Gasteiger partial charge in [-0.25, -0.2) is 0 Å². The Bertz CT molecular complexity index is 154. The van der Waals surface area contributed by atoms with Crippen molar-refractivity contribution in [3.63, 3.8) is 0 Å². The summed E-state index contributed by atoms with van der Waals surface area (Å²) in [5.41, 5.74) is 2.95. The van der Waals surface area contributed by atoms with Gasteiger partial charge in [-0.2, -0.15) is 0 Å². The lowest BCUT2D eigenvalue weighted by Crippen LogP contribution is -2.11. The molecule has 0 saturated heterocycles. The van der Waals surface area contributed by atoms with Crippen LogP contribution in [0.5, 0.6) is 0 Å². The molecule has 13 heavy (non-hydrogen) atoms. The molecule has 0 radical (unpaired) electrons. The van der Waals surface area contributed by atoms with Gasteiger partial charge in [-0.1, -0.05) is 35.7 Å². The zero-order valence-electron chi connectivity index (χ0n) is 8.25. The van der Waals surface area contributed by atoms with Gasteiger partial charge >= 0.3 is 0 Å². The summed E-state index contributed by atoms with van der Waals surface area (Å²) in [6.07, 6.45) is 5.39. The van der Waals surface area contributed by atoms with Crippen molar-refractivity contribution in [1.82, 2.24) is 0 Å². The Labute approximate surface area is 88.7 Å². The molecule has 0 unspecified atom stereocenters. The summed E-state index contributed by atoms with van der Waals surface area (Å²) in [5, 5.41) is 0. The van der Waals surface area contributed by atoms with Crippen LogP contribution in [0.2, 0.25) is 0 Å². The minimum Gasteiger partial charge on any atom is -0.359 e. The van der Waals surface area contributed by atoms with Crippen molar-refractivity contribution in [2.75, 3.05) is 13.9 Å². The maximum Gasteiger partial charge on any atom is 0.147 e. The van der Waals surface area contributed by atoms with Crippen LogP contribution in [0.1, 0.15) is 26.2 Å². The van der Waals surface area contributed by atoms with Gasteiger partial charge in [-0.05, 0) is 12.5 Å². The third kappa shape index (κ3) is 8.26. The van der Waals surface area contributed by atoms with E-state index in [1.807, 2.05) is 6.08 Å². The van der Waals surface area contributed by atoms with Crippen molar-refractivity contribution >= 4 is 15.9 Å². The van der Waals surface area contributed by atoms with E-state index in [4.69, 9.17) is 9.47 Å². The second kappa shape index (κ2) is 10.0. The first-order chi connectivity index (χ1) is 6.35. The number of unbranched alkanes of at least 4 members (excludes halogenated alkanes) is 1. The zero-order chi connectivity index (χ0) is 9.94. The van der Waals surface area contributed by atoms with E-state index in [1.54, 1.807) is 12.1 Å². The van der Waals surface area contributed by atoms with Gasteiger partial charge in [0.25, 0.3) is 0 Å². The van der Waals surface area contributed by atoms with Crippen LogP contribution >= 0.6 is 15.9 Å². The highest BCUT2D eigenvalue weighted by Gasteiger charge is 2.02. The summed E-state index contributed by atoms with van der Waals surface area (Å²) in [6, 6.07) is 0. The minimum atomic E-state index is 0.119. The Hall–Kier alpha value is -0.0800. The summed E-state index contributed by atoms with van der Waals surface area (Å²) in [7, 11) is 1.63. The molecule has 76 valence electrons. The largest absolute Gasteiger partial charge is 0.359 e. The van der Waals surface area contributed by atoms with Crippen molar-refractivity contribution in [2.24, 2.45) is 0 Å². The number of rotatable bonds is 7. The lowest BCUT2D eigenvalue weighted by Gasteiger charge is -2.11. The molecule has 0 heterocycles. The van der Waals surface area contributed by atoms with Crippen LogP contribution in [0.25, 0.3) is 0 Å². The molecule has 0 rings (SSSR count). The molecule has 0 aliphatic rings. The van der Waals surface area contributed by atoms with Gasteiger partial charge in [0.1, 0.15) is 6.79 Å². The molecule has 1 atom stereocenters. The number of hydrogen-bond donors (Lipinski definition) is 0. The Kier molecular flexibility index (Phi) is 9.94. The van der Waals surface area contributed by atoms with E-state index in [9.17, 15) is 0 Å². The number of halogens is 1. The van der Waals surface area contributed by atoms with E-state index in [0.29, 0.717) is 6.79 Å². The second-order valence-corrected chi connectivity index (χ2v) is 3.15. The fourth-order valence-corrected chi connectivity index (χ4v) is 1.07. The first kappa shape index (κ1) is 12.9. The third-order valence-corrected chi connectivity index (χ3v) is 1.85. The van der Waals surface area contributed by atoms with Crippen molar-refractivity contribution in [3.05, 3.63) is 16.8 Å². The Morgan fingerprint density at radius 1 is 1.54 bits per heavy atom. The van der Waals surface area contributed by atoms with Crippen LogP contribution in [0.4, 0.5) is 0 Å². The van der Waals surface area contributed by atoms with Gasteiger partial charge in [0, 0.05) is 12.1 Å². The average molecular weight is 249 g/mol. The molecule has 0 amide bonds. The lowest BCUT2D eigenvalue weighted by molar-refractivity contribution is -0.0578. The van der Waals surface area contributed by atoms with Gasteiger partial charge in [0.15, 0.2) is 0 Å². The summed E-state index contributed by atoms with van der Waals surface area (Å²) in [4.78, 5) is 1.70. The van der Waals surface area contributed by atoms with Crippen LogP contribution in [0, 0.1) is 0 Å². The quantitative estimate of drug-likeness (QED) is 0.509. The normalized spacial score (nSPS) is 11.9. The number of hydrogen-bond acceptors (Lipinski definition) is 2. The summed E-state index contributed by atoms with van der Waals surface area (Å²) in [5.74, 6) is 0. The molecule has 0 fully saturated rings. The zero-order valence-corrected chi connectivity index (χ0v) is 9.84. The highest BCUT2D eigenvalue weighted by molar-refractivity contribution is 9.11. The summed E-state index contributed by atoms with van der Waals surface area (Å²) in [6.45, 7) is 2.51. The highest BCUT2D eigenvalue weighted by Crippen LogP contribution is 2.06. The standard InChI is InChI=1S/C10H17BrO2/c1-3-4-6-10(7-5-8-11)13-9-12-2/h7-8,10H,3-4,6,9H2,1-2H3/t5?,10-/m1/s1. The molecule has 0 N–H and O–H groups in total. The summed E-state index contributed by atoms with van der Waals surface area (Å²) >= 11 is 3.16. The van der Waals surface area contributed by atoms with Crippen LogP contribution in [0.15, 0.2) is 16.8 Å². The molecule has 2 nitrogen and oxygen atoms in total.